The molecule has 7 nitrogen and oxygen atoms in total. The maximum atomic E-state index is 12.9. The molecule has 0 amide bonds. The lowest BCUT2D eigenvalue weighted by Crippen LogP contribution is -2.12. The molecule has 4 aromatic rings. The van der Waals surface area contributed by atoms with Crippen LogP contribution in [0.4, 0.5) is 13.2 Å². The fourth-order valence-electron chi connectivity index (χ4n) is 2.43. The summed E-state index contributed by atoms with van der Waals surface area (Å²) in [5.41, 5.74) is 0.475. The normalized spacial score (nSPS) is 11.2. The number of aromatic nitrogens is 4. The number of halogens is 3. The molecule has 2 aromatic heterocycles. The highest BCUT2D eigenvalue weighted by Crippen LogP contribution is 2.29. The first-order valence-electron chi connectivity index (χ1n) is 8.18. The molecule has 10 heteroatoms. The number of nitrogens with zero attached hydrogens (tertiary/aromatic N) is 5. The second kappa shape index (κ2) is 7.12. The second-order valence-electron chi connectivity index (χ2n) is 5.77. The van der Waals surface area contributed by atoms with Crippen molar-refractivity contribution >= 4 is 5.65 Å². The molecule has 0 unspecified atom stereocenters. The van der Waals surface area contributed by atoms with Crippen molar-refractivity contribution in [1.29, 1.82) is 5.26 Å². The third-order valence-electron chi connectivity index (χ3n) is 3.76. The topological polar surface area (TPSA) is 85.3 Å². The van der Waals surface area contributed by atoms with E-state index in [0.717, 1.165) is 0 Å². The quantitative estimate of drug-likeness (QED) is 0.500. The van der Waals surface area contributed by atoms with E-state index in [1.165, 1.54) is 12.1 Å². The second-order valence-corrected chi connectivity index (χ2v) is 5.77. The Morgan fingerprint density at radius 1 is 0.793 bits per heavy atom. The standard InChI is InChI=1S/C19H10F3N5O2/c20-19(21,22)18-25-24-16-9-10-17(26-27(16)18)29-15-7-5-14(6-8-15)28-13-3-1-12(11-23)2-4-13/h1-10H. The van der Waals surface area contributed by atoms with E-state index in [-0.39, 0.29) is 11.5 Å². The molecule has 0 saturated carbocycles. The van der Waals surface area contributed by atoms with Gasteiger partial charge in [0.15, 0.2) is 5.65 Å². The van der Waals surface area contributed by atoms with E-state index in [9.17, 15) is 13.2 Å². The van der Waals surface area contributed by atoms with Crippen molar-refractivity contribution in [1.82, 2.24) is 19.8 Å². The van der Waals surface area contributed by atoms with Crippen molar-refractivity contribution in [3.05, 3.63) is 72.1 Å². The zero-order chi connectivity index (χ0) is 20.4. The van der Waals surface area contributed by atoms with Crippen LogP contribution in [0.25, 0.3) is 5.65 Å². The molecule has 0 radical (unpaired) electrons. The summed E-state index contributed by atoms with van der Waals surface area (Å²) >= 11 is 0. The molecule has 0 bridgehead atoms. The molecular weight excluding hydrogens is 387 g/mol. The first-order valence-corrected chi connectivity index (χ1v) is 8.18. The number of rotatable bonds is 4. The molecule has 0 spiro atoms. The lowest BCUT2D eigenvalue weighted by Gasteiger charge is -2.08. The van der Waals surface area contributed by atoms with Crippen LogP contribution in [0.5, 0.6) is 23.1 Å². The number of alkyl halides is 3. The highest BCUT2D eigenvalue weighted by Gasteiger charge is 2.37. The number of benzene rings is 2. The van der Waals surface area contributed by atoms with Gasteiger partial charge in [-0.05, 0) is 54.6 Å². The predicted octanol–water partition coefficient (Wildman–Crippen LogP) is 4.60. The maximum Gasteiger partial charge on any atom is 0.453 e. The first-order chi connectivity index (χ1) is 13.9. The van der Waals surface area contributed by atoms with E-state index in [1.807, 2.05) is 6.07 Å². The van der Waals surface area contributed by atoms with Crippen molar-refractivity contribution in [2.45, 2.75) is 6.18 Å². The van der Waals surface area contributed by atoms with Crippen LogP contribution in [-0.4, -0.2) is 19.8 Å². The minimum atomic E-state index is -4.69. The molecule has 2 heterocycles. The lowest BCUT2D eigenvalue weighted by atomic mass is 10.2. The number of ether oxygens (including phenoxy) is 2. The average molecular weight is 397 g/mol. The summed E-state index contributed by atoms with van der Waals surface area (Å²) in [7, 11) is 0. The van der Waals surface area contributed by atoms with Crippen LogP contribution in [0.3, 0.4) is 0 Å². The molecule has 0 atom stereocenters. The van der Waals surface area contributed by atoms with E-state index >= 15 is 0 Å². The summed E-state index contributed by atoms with van der Waals surface area (Å²) in [4.78, 5) is 0. The van der Waals surface area contributed by atoms with Gasteiger partial charge >= 0.3 is 6.18 Å². The van der Waals surface area contributed by atoms with Crippen molar-refractivity contribution in [2.75, 3.05) is 0 Å². The van der Waals surface area contributed by atoms with Gasteiger partial charge in [-0.1, -0.05) is 0 Å². The summed E-state index contributed by atoms with van der Waals surface area (Å²) in [6, 6.07) is 17.8. The predicted molar refractivity (Wildman–Crippen MR) is 93.5 cm³/mol. The summed E-state index contributed by atoms with van der Waals surface area (Å²) in [5, 5.41) is 19.1. The largest absolute Gasteiger partial charge is 0.457 e. The summed E-state index contributed by atoms with van der Waals surface area (Å²) in [5.74, 6) is 0.138. The third kappa shape index (κ3) is 3.93. The van der Waals surface area contributed by atoms with Crippen LogP contribution in [-0.2, 0) is 6.18 Å². The number of hydrogen-bond acceptors (Lipinski definition) is 6. The molecule has 2 aromatic carbocycles. The Hall–Kier alpha value is -4.13. The van der Waals surface area contributed by atoms with Crippen LogP contribution in [0.2, 0.25) is 0 Å². The average Bonchev–Trinajstić information content (AvgIpc) is 3.14. The zero-order valence-electron chi connectivity index (χ0n) is 14.5. The van der Waals surface area contributed by atoms with E-state index < -0.39 is 12.0 Å². The molecule has 144 valence electrons. The Bertz CT molecular complexity index is 1200. The Balaban J connectivity index is 1.50. The number of nitriles is 1. The Morgan fingerprint density at radius 2 is 1.38 bits per heavy atom. The minimum absolute atomic E-state index is 0.0455. The monoisotopic (exact) mass is 397 g/mol. The van der Waals surface area contributed by atoms with Gasteiger partial charge in [0.25, 0.3) is 5.82 Å². The Morgan fingerprint density at radius 3 is 1.97 bits per heavy atom. The Labute approximate surface area is 161 Å². The SMILES string of the molecule is N#Cc1ccc(Oc2ccc(Oc3ccc4nnc(C(F)(F)F)n4n3)cc2)cc1. The van der Waals surface area contributed by atoms with Crippen molar-refractivity contribution < 1.29 is 22.6 Å². The van der Waals surface area contributed by atoms with Gasteiger partial charge in [-0.15, -0.1) is 15.3 Å². The summed E-state index contributed by atoms with van der Waals surface area (Å²) in [6.45, 7) is 0. The fraction of sp³-hybridized carbons (Fsp3) is 0.0526. The smallest absolute Gasteiger partial charge is 0.453 e. The molecule has 29 heavy (non-hydrogen) atoms. The number of hydrogen-bond donors (Lipinski definition) is 0. The van der Waals surface area contributed by atoms with Gasteiger partial charge in [0, 0.05) is 6.07 Å². The lowest BCUT2D eigenvalue weighted by molar-refractivity contribution is -0.146. The fourth-order valence-corrected chi connectivity index (χ4v) is 2.43. The maximum absolute atomic E-state index is 12.9. The van der Waals surface area contributed by atoms with Crippen LogP contribution < -0.4 is 9.47 Å². The zero-order valence-corrected chi connectivity index (χ0v) is 14.5. The van der Waals surface area contributed by atoms with E-state index in [1.54, 1.807) is 48.5 Å². The molecular formula is C19H10F3N5O2. The molecule has 0 saturated heterocycles. The van der Waals surface area contributed by atoms with Crippen molar-refractivity contribution in [2.24, 2.45) is 0 Å². The van der Waals surface area contributed by atoms with Crippen LogP contribution in [0.1, 0.15) is 11.4 Å². The molecule has 0 aliphatic carbocycles. The summed E-state index contributed by atoms with van der Waals surface area (Å²) in [6.07, 6.45) is -4.69. The van der Waals surface area contributed by atoms with Crippen LogP contribution in [0.15, 0.2) is 60.7 Å². The number of fused-ring (bicyclic) bond motifs is 1. The van der Waals surface area contributed by atoms with Crippen molar-refractivity contribution in [3.63, 3.8) is 0 Å². The van der Waals surface area contributed by atoms with Gasteiger partial charge in [0.05, 0.1) is 11.6 Å². The van der Waals surface area contributed by atoms with E-state index in [2.05, 4.69) is 15.3 Å². The van der Waals surface area contributed by atoms with Crippen LogP contribution >= 0.6 is 0 Å². The molecule has 0 aliphatic rings. The molecule has 0 aliphatic heterocycles. The van der Waals surface area contributed by atoms with Gasteiger partial charge in [-0.3, -0.25) is 0 Å². The van der Waals surface area contributed by atoms with Gasteiger partial charge in [0.2, 0.25) is 5.88 Å². The van der Waals surface area contributed by atoms with Gasteiger partial charge in [0.1, 0.15) is 17.2 Å². The van der Waals surface area contributed by atoms with Crippen molar-refractivity contribution in [3.8, 4) is 29.2 Å². The minimum Gasteiger partial charge on any atom is -0.457 e. The first kappa shape index (κ1) is 18.2. The molecule has 0 fully saturated rings. The van der Waals surface area contributed by atoms with Gasteiger partial charge in [-0.2, -0.15) is 22.9 Å². The van der Waals surface area contributed by atoms with E-state index in [4.69, 9.17) is 14.7 Å². The van der Waals surface area contributed by atoms with Gasteiger partial charge in [-0.25, -0.2) is 0 Å². The highest BCUT2D eigenvalue weighted by atomic mass is 19.4. The van der Waals surface area contributed by atoms with Gasteiger partial charge < -0.3 is 9.47 Å². The third-order valence-corrected chi connectivity index (χ3v) is 3.76. The molecule has 0 N–H and O–H groups in total. The Kier molecular flexibility index (Phi) is 4.48. The highest BCUT2D eigenvalue weighted by molar-refractivity contribution is 5.41. The summed E-state index contributed by atoms with van der Waals surface area (Å²) < 4.78 is 50.6. The van der Waals surface area contributed by atoms with E-state index in [0.29, 0.717) is 27.3 Å². The molecule has 4 rings (SSSR count). The van der Waals surface area contributed by atoms with Crippen LogP contribution in [0, 0.1) is 11.3 Å².